The molecule has 0 radical (unpaired) electrons. The molecule has 0 aliphatic heterocycles. The van der Waals surface area contributed by atoms with Gasteiger partial charge in [-0.3, -0.25) is 4.79 Å². The van der Waals surface area contributed by atoms with Crippen molar-refractivity contribution in [3.05, 3.63) is 64.9 Å². The Bertz CT molecular complexity index is 763. The van der Waals surface area contributed by atoms with Gasteiger partial charge in [-0.1, -0.05) is 30.3 Å². The van der Waals surface area contributed by atoms with Crippen molar-refractivity contribution in [2.45, 2.75) is 19.9 Å². The number of hydrogen-bond donors (Lipinski definition) is 1. The fourth-order valence-corrected chi connectivity index (χ4v) is 3.43. The summed E-state index contributed by atoms with van der Waals surface area (Å²) in [6, 6.07) is 10.1. The van der Waals surface area contributed by atoms with Crippen LogP contribution in [0.3, 0.4) is 0 Å². The van der Waals surface area contributed by atoms with Crippen LogP contribution in [-0.2, 0) is 6.54 Å². The van der Waals surface area contributed by atoms with Crippen molar-refractivity contribution in [1.29, 1.82) is 0 Å². The van der Waals surface area contributed by atoms with E-state index < -0.39 is 0 Å². The molecule has 2 aromatic heterocycles. The minimum absolute atomic E-state index is 0.00108. The first-order valence-corrected chi connectivity index (χ1v) is 8.51. The molecule has 0 atom stereocenters. The van der Waals surface area contributed by atoms with Crippen LogP contribution in [0.2, 0.25) is 0 Å². The lowest BCUT2D eigenvalue weighted by Gasteiger charge is -2.08. The van der Waals surface area contributed by atoms with Crippen LogP contribution < -0.4 is 5.32 Å². The van der Waals surface area contributed by atoms with Crippen LogP contribution in [0.1, 0.15) is 21.7 Å². The highest BCUT2D eigenvalue weighted by atomic mass is 32.1. The highest BCUT2D eigenvalue weighted by Gasteiger charge is 2.16. The van der Waals surface area contributed by atoms with Crippen LogP contribution >= 0.6 is 11.3 Å². The summed E-state index contributed by atoms with van der Waals surface area (Å²) >= 11 is 1.62. The molecule has 23 heavy (non-hydrogen) atoms. The van der Waals surface area contributed by atoms with Gasteiger partial charge in [0.1, 0.15) is 0 Å². The van der Waals surface area contributed by atoms with Crippen molar-refractivity contribution in [2.75, 3.05) is 6.54 Å². The average Bonchev–Trinajstić information content (AvgIpc) is 3.21. The Morgan fingerprint density at radius 2 is 2.13 bits per heavy atom. The zero-order valence-corrected chi connectivity index (χ0v) is 13.8. The average molecular weight is 325 g/mol. The van der Waals surface area contributed by atoms with Crippen LogP contribution in [0.15, 0.2) is 54.4 Å². The molecule has 0 fully saturated rings. The fourth-order valence-electron chi connectivity index (χ4n) is 2.56. The van der Waals surface area contributed by atoms with E-state index in [0.29, 0.717) is 6.54 Å². The number of aromatic nitrogens is 2. The predicted octanol–water partition coefficient (Wildman–Crippen LogP) is 3.74. The van der Waals surface area contributed by atoms with E-state index in [9.17, 15) is 4.79 Å². The summed E-state index contributed by atoms with van der Waals surface area (Å²) in [6.45, 7) is 3.57. The van der Waals surface area contributed by atoms with E-state index in [1.165, 1.54) is 4.88 Å². The molecule has 3 aromatic rings. The Hall–Kier alpha value is -2.40. The van der Waals surface area contributed by atoms with Gasteiger partial charge in [-0.2, -0.15) is 0 Å². The zero-order chi connectivity index (χ0) is 16.1. The summed E-state index contributed by atoms with van der Waals surface area (Å²) in [6.07, 6.45) is 6.36. The molecule has 0 aliphatic carbocycles. The van der Waals surface area contributed by atoms with Crippen molar-refractivity contribution in [3.8, 4) is 11.1 Å². The van der Waals surface area contributed by atoms with E-state index in [1.54, 1.807) is 23.9 Å². The molecule has 118 valence electrons. The topological polar surface area (TPSA) is 46.9 Å². The molecular weight excluding hydrogens is 306 g/mol. The summed E-state index contributed by atoms with van der Waals surface area (Å²) in [5.41, 5.74) is 2.90. The number of imidazole rings is 1. The Kier molecular flexibility index (Phi) is 4.88. The summed E-state index contributed by atoms with van der Waals surface area (Å²) in [4.78, 5) is 17.7. The third kappa shape index (κ3) is 3.68. The van der Waals surface area contributed by atoms with Gasteiger partial charge in [0, 0.05) is 41.3 Å². The van der Waals surface area contributed by atoms with E-state index >= 15 is 0 Å². The van der Waals surface area contributed by atoms with Gasteiger partial charge in [-0.05, 0) is 18.9 Å². The maximum Gasteiger partial charge on any atom is 0.252 e. The Morgan fingerprint density at radius 1 is 1.30 bits per heavy atom. The normalized spacial score (nSPS) is 10.7. The molecular formula is C18H19N3OS. The standard InChI is InChI=1S/C18H19N3OS/c1-14-17(15-6-3-2-4-7-15)16(12-23-14)18(22)20-8-5-10-21-11-9-19-13-21/h2-4,6-7,9,11-13H,5,8,10H2,1H3,(H,20,22). The van der Waals surface area contributed by atoms with Gasteiger partial charge in [0.2, 0.25) is 0 Å². The molecule has 1 amide bonds. The predicted molar refractivity (Wildman–Crippen MR) is 93.7 cm³/mol. The Labute approximate surface area is 139 Å². The highest BCUT2D eigenvalue weighted by molar-refractivity contribution is 7.10. The van der Waals surface area contributed by atoms with E-state index in [0.717, 1.165) is 29.7 Å². The van der Waals surface area contributed by atoms with E-state index in [-0.39, 0.29) is 5.91 Å². The molecule has 1 aromatic carbocycles. The molecule has 3 rings (SSSR count). The largest absolute Gasteiger partial charge is 0.352 e. The maximum absolute atomic E-state index is 12.5. The lowest BCUT2D eigenvalue weighted by Crippen LogP contribution is -2.25. The third-order valence-corrected chi connectivity index (χ3v) is 4.63. The first kappa shape index (κ1) is 15.5. The number of aryl methyl sites for hydroxylation is 2. The molecule has 2 heterocycles. The van der Waals surface area contributed by atoms with E-state index in [2.05, 4.69) is 17.2 Å². The minimum atomic E-state index is -0.00108. The first-order chi connectivity index (χ1) is 11.3. The number of nitrogens with zero attached hydrogens (tertiary/aromatic N) is 2. The molecule has 5 heteroatoms. The Morgan fingerprint density at radius 3 is 2.87 bits per heavy atom. The zero-order valence-electron chi connectivity index (χ0n) is 13.0. The minimum Gasteiger partial charge on any atom is -0.352 e. The van der Waals surface area contributed by atoms with Crippen LogP contribution in [0, 0.1) is 6.92 Å². The van der Waals surface area contributed by atoms with Gasteiger partial charge in [-0.25, -0.2) is 4.98 Å². The number of hydrogen-bond acceptors (Lipinski definition) is 3. The maximum atomic E-state index is 12.5. The van der Waals surface area contributed by atoms with Crippen LogP contribution in [0.25, 0.3) is 11.1 Å². The molecule has 0 spiro atoms. The quantitative estimate of drug-likeness (QED) is 0.702. The van der Waals surface area contributed by atoms with E-state index in [1.807, 2.05) is 46.5 Å². The van der Waals surface area contributed by atoms with Crippen molar-refractivity contribution < 1.29 is 4.79 Å². The second-order valence-electron chi connectivity index (χ2n) is 5.36. The highest BCUT2D eigenvalue weighted by Crippen LogP contribution is 2.32. The number of carbonyl (C=O) groups excluding carboxylic acids is 1. The monoisotopic (exact) mass is 325 g/mol. The van der Waals surface area contributed by atoms with Gasteiger partial charge in [0.25, 0.3) is 5.91 Å². The van der Waals surface area contributed by atoms with Crippen molar-refractivity contribution in [3.63, 3.8) is 0 Å². The lowest BCUT2D eigenvalue weighted by atomic mass is 10.0. The van der Waals surface area contributed by atoms with Gasteiger partial charge in [0.15, 0.2) is 0 Å². The molecule has 0 bridgehead atoms. The number of amides is 1. The summed E-state index contributed by atoms with van der Waals surface area (Å²) in [7, 11) is 0. The number of nitrogens with one attached hydrogen (secondary N) is 1. The molecule has 0 unspecified atom stereocenters. The fraction of sp³-hybridized carbons (Fsp3) is 0.222. The van der Waals surface area contributed by atoms with E-state index in [4.69, 9.17) is 0 Å². The van der Waals surface area contributed by atoms with Gasteiger partial charge in [0.05, 0.1) is 11.9 Å². The summed E-state index contributed by atoms with van der Waals surface area (Å²) < 4.78 is 2.01. The van der Waals surface area contributed by atoms with Crippen molar-refractivity contribution in [2.24, 2.45) is 0 Å². The van der Waals surface area contributed by atoms with Gasteiger partial charge in [-0.15, -0.1) is 11.3 Å². The summed E-state index contributed by atoms with van der Waals surface area (Å²) in [5.74, 6) is -0.00108. The van der Waals surface area contributed by atoms with Crippen molar-refractivity contribution in [1.82, 2.24) is 14.9 Å². The lowest BCUT2D eigenvalue weighted by molar-refractivity contribution is 0.0954. The summed E-state index contributed by atoms with van der Waals surface area (Å²) in [5, 5.41) is 4.97. The smallest absolute Gasteiger partial charge is 0.252 e. The number of benzene rings is 1. The molecule has 1 N–H and O–H groups in total. The molecule has 4 nitrogen and oxygen atoms in total. The first-order valence-electron chi connectivity index (χ1n) is 7.63. The second kappa shape index (κ2) is 7.24. The van der Waals surface area contributed by atoms with Crippen LogP contribution in [0.5, 0.6) is 0 Å². The SMILES string of the molecule is Cc1scc(C(=O)NCCCn2ccnc2)c1-c1ccccc1. The molecule has 0 saturated heterocycles. The second-order valence-corrected chi connectivity index (χ2v) is 6.44. The Balaban J connectivity index is 1.64. The van der Waals surface area contributed by atoms with Gasteiger partial charge >= 0.3 is 0 Å². The van der Waals surface area contributed by atoms with Gasteiger partial charge < -0.3 is 9.88 Å². The molecule has 0 saturated carbocycles. The number of carbonyl (C=O) groups is 1. The van der Waals surface area contributed by atoms with Crippen LogP contribution in [0.4, 0.5) is 0 Å². The molecule has 0 aliphatic rings. The van der Waals surface area contributed by atoms with Crippen molar-refractivity contribution >= 4 is 17.2 Å². The van der Waals surface area contributed by atoms with Crippen LogP contribution in [-0.4, -0.2) is 22.0 Å². The number of rotatable bonds is 6. The number of thiophene rings is 1. The third-order valence-electron chi connectivity index (χ3n) is 3.72.